The van der Waals surface area contributed by atoms with Gasteiger partial charge in [0.15, 0.2) is 0 Å². The number of hydrogen-bond donors (Lipinski definition) is 3. The number of benzene rings is 1. The summed E-state index contributed by atoms with van der Waals surface area (Å²) in [7, 11) is 0. The number of aliphatic carboxylic acids is 1. The van der Waals surface area contributed by atoms with Crippen molar-refractivity contribution in [2.45, 2.75) is 39.2 Å². The third-order valence-corrected chi connectivity index (χ3v) is 4.00. The zero-order valence-electron chi connectivity index (χ0n) is 12.2. The van der Waals surface area contributed by atoms with Gasteiger partial charge in [0, 0.05) is 16.2 Å². The molecule has 2 unspecified atom stereocenters. The summed E-state index contributed by atoms with van der Waals surface area (Å²) in [4.78, 5) is 21.9. The molecular formula is C15H21BrN2O3. The number of carboxylic acids is 1. The third-order valence-electron chi connectivity index (χ3n) is 3.34. The first kappa shape index (κ1) is 17.5. The Morgan fingerprint density at radius 1 is 1.33 bits per heavy atom. The van der Waals surface area contributed by atoms with E-state index in [9.17, 15) is 9.59 Å². The van der Waals surface area contributed by atoms with E-state index < -0.39 is 11.9 Å². The number of hydrogen-bond acceptors (Lipinski definition) is 3. The van der Waals surface area contributed by atoms with E-state index in [1.165, 1.54) is 0 Å². The Morgan fingerprint density at radius 2 is 2.00 bits per heavy atom. The van der Waals surface area contributed by atoms with Crippen LogP contribution in [-0.4, -0.2) is 23.0 Å². The molecule has 1 aromatic carbocycles. The Hall–Kier alpha value is -1.56. The predicted molar refractivity (Wildman–Crippen MR) is 86.4 cm³/mol. The van der Waals surface area contributed by atoms with Crippen LogP contribution in [0.25, 0.3) is 0 Å². The van der Waals surface area contributed by atoms with Crippen molar-refractivity contribution >= 4 is 33.5 Å². The molecule has 0 aliphatic rings. The quantitative estimate of drug-likeness (QED) is 0.666. The van der Waals surface area contributed by atoms with Gasteiger partial charge in [0.2, 0.25) is 5.91 Å². The van der Waals surface area contributed by atoms with Gasteiger partial charge < -0.3 is 16.2 Å². The topological polar surface area (TPSA) is 92.4 Å². The minimum atomic E-state index is -0.749. The fraction of sp³-hybridized carbons (Fsp3) is 0.467. The summed E-state index contributed by atoms with van der Waals surface area (Å²) in [6.07, 6.45) is 2.40. The summed E-state index contributed by atoms with van der Waals surface area (Å²) in [5.74, 6) is -1.52. The number of carbonyl (C=O) groups is 2. The Balaban J connectivity index is 2.48. The molecular weight excluding hydrogens is 336 g/mol. The SMILES string of the molecule is CC(CCCC(C)C(=O)O)Nc1ccc(C(N)=O)c(Br)c1. The van der Waals surface area contributed by atoms with Gasteiger partial charge in [-0.2, -0.15) is 0 Å². The second-order valence-electron chi connectivity index (χ2n) is 5.27. The molecule has 1 rings (SSSR count). The van der Waals surface area contributed by atoms with Crippen LogP contribution in [0.2, 0.25) is 0 Å². The number of anilines is 1. The summed E-state index contributed by atoms with van der Waals surface area (Å²) in [5, 5.41) is 12.1. The molecule has 0 saturated carbocycles. The maximum atomic E-state index is 11.1. The largest absolute Gasteiger partial charge is 0.481 e. The monoisotopic (exact) mass is 356 g/mol. The van der Waals surface area contributed by atoms with Gasteiger partial charge in [-0.15, -0.1) is 0 Å². The van der Waals surface area contributed by atoms with Crippen LogP contribution in [0.3, 0.4) is 0 Å². The zero-order chi connectivity index (χ0) is 16.0. The van der Waals surface area contributed by atoms with Gasteiger partial charge in [0.05, 0.1) is 11.5 Å². The van der Waals surface area contributed by atoms with Gasteiger partial charge in [0.1, 0.15) is 0 Å². The van der Waals surface area contributed by atoms with Crippen LogP contribution >= 0.6 is 15.9 Å². The van der Waals surface area contributed by atoms with Gasteiger partial charge in [-0.25, -0.2) is 0 Å². The minimum Gasteiger partial charge on any atom is -0.481 e. The molecule has 116 valence electrons. The number of carboxylic acid groups (broad SMARTS) is 1. The number of halogens is 1. The third kappa shape index (κ3) is 5.75. The molecule has 0 aliphatic heterocycles. The molecule has 5 nitrogen and oxygen atoms in total. The van der Waals surface area contributed by atoms with Crippen LogP contribution in [0.4, 0.5) is 5.69 Å². The molecule has 1 amide bonds. The van der Waals surface area contributed by atoms with E-state index in [1.807, 2.05) is 13.0 Å². The second-order valence-corrected chi connectivity index (χ2v) is 6.13. The molecule has 6 heteroatoms. The molecule has 0 heterocycles. The number of nitrogens with one attached hydrogen (secondary N) is 1. The van der Waals surface area contributed by atoms with Gasteiger partial charge in [0.25, 0.3) is 0 Å². The minimum absolute atomic E-state index is 0.220. The normalized spacial score (nSPS) is 13.5. The predicted octanol–water partition coefficient (Wildman–Crippen LogP) is 3.24. The smallest absolute Gasteiger partial charge is 0.306 e. The molecule has 4 N–H and O–H groups in total. The lowest BCUT2D eigenvalue weighted by Gasteiger charge is -2.16. The fourth-order valence-electron chi connectivity index (χ4n) is 2.02. The molecule has 0 radical (unpaired) electrons. The van der Waals surface area contributed by atoms with Crippen LogP contribution in [0.1, 0.15) is 43.5 Å². The number of nitrogens with two attached hydrogens (primary N) is 1. The fourth-order valence-corrected chi connectivity index (χ4v) is 2.59. The first-order valence-electron chi connectivity index (χ1n) is 6.90. The van der Waals surface area contributed by atoms with Crippen LogP contribution in [0.15, 0.2) is 22.7 Å². The highest BCUT2D eigenvalue weighted by atomic mass is 79.9. The lowest BCUT2D eigenvalue weighted by molar-refractivity contribution is -0.141. The van der Waals surface area contributed by atoms with Crippen molar-refractivity contribution in [3.05, 3.63) is 28.2 Å². The molecule has 0 spiro atoms. The Morgan fingerprint density at radius 3 is 2.52 bits per heavy atom. The van der Waals surface area contributed by atoms with Crippen molar-refractivity contribution in [1.29, 1.82) is 0 Å². The summed E-state index contributed by atoms with van der Waals surface area (Å²) in [6.45, 7) is 3.77. The van der Waals surface area contributed by atoms with E-state index in [1.54, 1.807) is 19.1 Å². The molecule has 0 saturated heterocycles. The van der Waals surface area contributed by atoms with Gasteiger partial charge in [-0.3, -0.25) is 9.59 Å². The highest BCUT2D eigenvalue weighted by Crippen LogP contribution is 2.22. The van der Waals surface area contributed by atoms with Crippen molar-refractivity contribution < 1.29 is 14.7 Å². The van der Waals surface area contributed by atoms with Crippen molar-refractivity contribution in [2.75, 3.05) is 5.32 Å². The van der Waals surface area contributed by atoms with E-state index in [-0.39, 0.29) is 12.0 Å². The highest BCUT2D eigenvalue weighted by Gasteiger charge is 2.12. The van der Waals surface area contributed by atoms with E-state index in [4.69, 9.17) is 10.8 Å². The van der Waals surface area contributed by atoms with Crippen LogP contribution in [0.5, 0.6) is 0 Å². The number of carbonyl (C=O) groups excluding carboxylic acids is 1. The standard InChI is InChI=1S/C15H21BrN2O3/c1-9(15(20)21)4-3-5-10(2)18-11-6-7-12(14(17)19)13(16)8-11/h6-10,18H,3-5H2,1-2H3,(H2,17,19)(H,20,21). The van der Waals surface area contributed by atoms with E-state index in [0.29, 0.717) is 16.5 Å². The van der Waals surface area contributed by atoms with E-state index >= 15 is 0 Å². The van der Waals surface area contributed by atoms with Crippen LogP contribution in [0, 0.1) is 5.92 Å². The Kier molecular flexibility index (Phi) is 6.68. The summed E-state index contributed by atoms with van der Waals surface area (Å²) in [6, 6.07) is 5.52. The first-order valence-corrected chi connectivity index (χ1v) is 7.69. The molecule has 0 aliphatic carbocycles. The lowest BCUT2D eigenvalue weighted by Crippen LogP contribution is -2.17. The maximum Gasteiger partial charge on any atom is 0.306 e. The van der Waals surface area contributed by atoms with Crippen LogP contribution in [-0.2, 0) is 4.79 Å². The average molecular weight is 357 g/mol. The maximum absolute atomic E-state index is 11.1. The zero-order valence-corrected chi connectivity index (χ0v) is 13.8. The average Bonchev–Trinajstić information content (AvgIpc) is 2.37. The summed E-state index contributed by atoms with van der Waals surface area (Å²) >= 11 is 3.32. The van der Waals surface area contributed by atoms with Crippen molar-refractivity contribution in [3.8, 4) is 0 Å². The molecule has 0 bridgehead atoms. The Labute approximate surface area is 133 Å². The van der Waals surface area contributed by atoms with E-state index in [0.717, 1.165) is 18.5 Å². The van der Waals surface area contributed by atoms with Crippen molar-refractivity contribution in [3.63, 3.8) is 0 Å². The van der Waals surface area contributed by atoms with E-state index in [2.05, 4.69) is 21.2 Å². The van der Waals surface area contributed by atoms with Gasteiger partial charge >= 0.3 is 5.97 Å². The Bertz CT molecular complexity index is 520. The van der Waals surface area contributed by atoms with Crippen molar-refractivity contribution in [2.24, 2.45) is 11.7 Å². The lowest BCUT2D eigenvalue weighted by atomic mass is 10.0. The van der Waals surface area contributed by atoms with Gasteiger partial charge in [-0.05, 0) is 53.9 Å². The van der Waals surface area contributed by atoms with Gasteiger partial charge in [-0.1, -0.05) is 13.3 Å². The number of rotatable bonds is 8. The molecule has 0 fully saturated rings. The van der Waals surface area contributed by atoms with Crippen molar-refractivity contribution in [1.82, 2.24) is 0 Å². The highest BCUT2D eigenvalue weighted by molar-refractivity contribution is 9.10. The summed E-state index contributed by atoms with van der Waals surface area (Å²) in [5.41, 5.74) is 6.59. The van der Waals surface area contributed by atoms with Crippen LogP contribution < -0.4 is 11.1 Å². The number of amides is 1. The number of primary amides is 1. The molecule has 2 atom stereocenters. The molecule has 21 heavy (non-hydrogen) atoms. The molecule has 1 aromatic rings. The molecule has 0 aromatic heterocycles. The summed E-state index contributed by atoms with van der Waals surface area (Å²) < 4.78 is 0.659. The second kappa shape index (κ2) is 8.02. The first-order chi connectivity index (χ1) is 9.81.